The molecule has 0 aliphatic heterocycles. The highest BCUT2D eigenvalue weighted by Gasteiger charge is 2.11. The first-order valence-corrected chi connectivity index (χ1v) is 6.01. The van der Waals surface area contributed by atoms with Crippen molar-refractivity contribution >= 4 is 28.5 Å². The topological polar surface area (TPSA) is 74.0 Å². The Balaban J connectivity index is 2.13. The van der Waals surface area contributed by atoms with Crippen LogP contribution >= 0.6 is 11.6 Å². The van der Waals surface area contributed by atoms with Crippen LogP contribution in [-0.4, -0.2) is 9.55 Å². The highest BCUT2D eigenvalue weighted by molar-refractivity contribution is 6.31. The minimum atomic E-state index is -0.466. The van der Waals surface area contributed by atoms with Crippen molar-refractivity contribution in [2.75, 3.05) is 5.73 Å². The van der Waals surface area contributed by atoms with Gasteiger partial charge in [-0.25, -0.2) is 9.78 Å². The lowest BCUT2D eigenvalue weighted by atomic mass is 10.2. The van der Waals surface area contributed by atoms with Crippen LogP contribution in [0.1, 0.15) is 5.56 Å². The van der Waals surface area contributed by atoms with Crippen LogP contribution in [0.5, 0.6) is 0 Å². The van der Waals surface area contributed by atoms with Gasteiger partial charge in [0.15, 0.2) is 11.2 Å². The molecule has 0 radical (unpaired) electrons. The van der Waals surface area contributed by atoms with E-state index in [4.69, 9.17) is 21.8 Å². The first kappa shape index (κ1) is 11.8. The first-order chi connectivity index (χ1) is 9.15. The molecule has 1 aromatic carbocycles. The van der Waals surface area contributed by atoms with Crippen LogP contribution in [0.3, 0.4) is 0 Å². The number of nitrogens with zero attached hydrogens (tertiary/aromatic N) is 2. The summed E-state index contributed by atoms with van der Waals surface area (Å²) in [4.78, 5) is 16.0. The quantitative estimate of drug-likeness (QED) is 0.728. The summed E-state index contributed by atoms with van der Waals surface area (Å²) in [6.07, 6.45) is 1.61. The van der Waals surface area contributed by atoms with E-state index in [1.807, 2.05) is 0 Å². The van der Waals surface area contributed by atoms with Crippen LogP contribution < -0.4 is 11.5 Å². The molecule has 3 aromatic rings. The molecule has 0 fully saturated rings. The minimum Gasteiger partial charge on any atom is -0.406 e. The molecule has 2 N–H and O–H groups in total. The highest BCUT2D eigenvalue weighted by atomic mass is 35.5. The Morgan fingerprint density at radius 2 is 2.21 bits per heavy atom. The van der Waals surface area contributed by atoms with Gasteiger partial charge in [0, 0.05) is 16.9 Å². The summed E-state index contributed by atoms with van der Waals surface area (Å²) in [7, 11) is 0. The zero-order valence-electron chi connectivity index (χ0n) is 9.84. The third kappa shape index (κ3) is 2.08. The molecule has 0 aliphatic carbocycles. The lowest BCUT2D eigenvalue weighted by Crippen LogP contribution is -2.15. The van der Waals surface area contributed by atoms with E-state index in [1.54, 1.807) is 36.5 Å². The third-order valence-corrected chi connectivity index (χ3v) is 3.19. The van der Waals surface area contributed by atoms with Crippen LogP contribution in [0.2, 0.25) is 5.02 Å². The number of hydrogen-bond acceptors (Lipinski definition) is 4. The molecule has 2 heterocycles. The number of anilines is 1. The Morgan fingerprint density at radius 3 is 3.05 bits per heavy atom. The molecule has 5 nitrogen and oxygen atoms in total. The summed E-state index contributed by atoms with van der Waals surface area (Å²) in [5, 5.41) is 0.548. The molecule has 0 atom stereocenters. The molecule has 0 bridgehead atoms. The van der Waals surface area contributed by atoms with Crippen LogP contribution in [0.4, 0.5) is 5.69 Å². The maximum Gasteiger partial charge on any atom is 0.421 e. The molecule has 0 unspecified atom stereocenters. The first-order valence-electron chi connectivity index (χ1n) is 5.63. The highest BCUT2D eigenvalue weighted by Crippen LogP contribution is 2.20. The van der Waals surface area contributed by atoms with Crippen molar-refractivity contribution in [2.24, 2.45) is 0 Å². The number of hydrogen-bond donors (Lipinski definition) is 1. The number of pyridine rings is 1. The zero-order valence-corrected chi connectivity index (χ0v) is 10.6. The van der Waals surface area contributed by atoms with E-state index in [0.717, 1.165) is 5.56 Å². The van der Waals surface area contributed by atoms with Gasteiger partial charge in [-0.05, 0) is 35.9 Å². The summed E-state index contributed by atoms with van der Waals surface area (Å²) < 4.78 is 6.54. The maximum atomic E-state index is 11.8. The summed E-state index contributed by atoms with van der Waals surface area (Å²) in [5.41, 5.74) is 8.00. The monoisotopic (exact) mass is 275 g/mol. The molecular weight excluding hydrogens is 266 g/mol. The number of fused-ring (bicyclic) bond motifs is 1. The van der Waals surface area contributed by atoms with E-state index in [9.17, 15) is 4.79 Å². The smallest absolute Gasteiger partial charge is 0.406 e. The molecular formula is C13H10ClN3O2. The van der Waals surface area contributed by atoms with Crippen molar-refractivity contribution in [1.29, 1.82) is 0 Å². The van der Waals surface area contributed by atoms with E-state index in [0.29, 0.717) is 21.9 Å². The van der Waals surface area contributed by atoms with Gasteiger partial charge < -0.3 is 10.2 Å². The Morgan fingerprint density at radius 1 is 1.37 bits per heavy atom. The van der Waals surface area contributed by atoms with Crippen LogP contribution in [-0.2, 0) is 6.54 Å². The summed E-state index contributed by atoms with van der Waals surface area (Å²) >= 11 is 6.09. The van der Waals surface area contributed by atoms with Gasteiger partial charge in [-0.3, -0.25) is 4.57 Å². The van der Waals surface area contributed by atoms with Crippen molar-refractivity contribution in [1.82, 2.24) is 9.55 Å². The third-order valence-electron chi connectivity index (χ3n) is 2.82. The molecule has 0 saturated carbocycles. The second-order valence-corrected chi connectivity index (χ2v) is 4.54. The molecule has 0 amide bonds. The number of nitrogens with two attached hydrogens (primary N) is 1. The van der Waals surface area contributed by atoms with Gasteiger partial charge >= 0.3 is 5.76 Å². The van der Waals surface area contributed by atoms with Gasteiger partial charge in [0.25, 0.3) is 0 Å². The average Bonchev–Trinajstić information content (AvgIpc) is 2.71. The van der Waals surface area contributed by atoms with Crippen molar-refractivity contribution in [2.45, 2.75) is 6.54 Å². The molecule has 0 saturated heterocycles. The van der Waals surface area contributed by atoms with Gasteiger partial charge in [-0.1, -0.05) is 11.6 Å². The van der Waals surface area contributed by atoms with E-state index >= 15 is 0 Å². The number of nitrogen functional groups attached to an aromatic ring is 1. The number of aromatic nitrogens is 2. The molecule has 19 heavy (non-hydrogen) atoms. The van der Waals surface area contributed by atoms with Crippen molar-refractivity contribution in [3.05, 3.63) is 57.7 Å². The summed E-state index contributed by atoms with van der Waals surface area (Å²) in [6.45, 7) is 0.271. The fourth-order valence-electron chi connectivity index (χ4n) is 1.93. The Bertz CT molecular complexity index is 807. The van der Waals surface area contributed by atoms with Crippen molar-refractivity contribution in [3.63, 3.8) is 0 Å². The lowest BCUT2D eigenvalue weighted by molar-refractivity contribution is 0.517. The van der Waals surface area contributed by atoms with E-state index in [1.165, 1.54) is 4.57 Å². The van der Waals surface area contributed by atoms with Gasteiger partial charge in [0.1, 0.15) is 0 Å². The lowest BCUT2D eigenvalue weighted by Gasteiger charge is -2.05. The summed E-state index contributed by atoms with van der Waals surface area (Å²) in [5.74, 6) is -0.466. The predicted molar refractivity (Wildman–Crippen MR) is 73.2 cm³/mol. The summed E-state index contributed by atoms with van der Waals surface area (Å²) in [6, 6.07) is 8.55. The number of oxazole rings is 1. The molecule has 0 aliphatic rings. The predicted octanol–water partition coefficient (Wildman–Crippen LogP) is 2.27. The van der Waals surface area contributed by atoms with Crippen molar-refractivity contribution < 1.29 is 4.42 Å². The number of halogens is 1. The molecule has 3 rings (SSSR count). The van der Waals surface area contributed by atoms with Gasteiger partial charge in [-0.2, -0.15) is 0 Å². The number of benzene rings is 1. The fourth-order valence-corrected chi connectivity index (χ4v) is 2.10. The van der Waals surface area contributed by atoms with E-state index < -0.39 is 5.76 Å². The zero-order chi connectivity index (χ0) is 13.4. The fraction of sp³-hybridized carbons (Fsp3) is 0.0769. The largest absolute Gasteiger partial charge is 0.421 e. The van der Waals surface area contributed by atoms with Crippen LogP contribution in [0.15, 0.2) is 45.7 Å². The second kappa shape index (κ2) is 4.44. The van der Waals surface area contributed by atoms with E-state index in [2.05, 4.69) is 4.98 Å². The Hall–Kier alpha value is -2.27. The number of rotatable bonds is 2. The standard InChI is InChI=1S/C13H10ClN3O2/c14-10-4-3-9(15)6-8(10)7-17-12-11(19-13(17)18)2-1-5-16-12/h1-6H,7,15H2. The minimum absolute atomic E-state index is 0.271. The molecule has 2 aromatic heterocycles. The average molecular weight is 276 g/mol. The second-order valence-electron chi connectivity index (χ2n) is 4.13. The van der Waals surface area contributed by atoms with E-state index in [-0.39, 0.29) is 6.54 Å². The molecule has 6 heteroatoms. The van der Waals surface area contributed by atoms with Crippen LogP contribution in [0, 0.1) is 0 Å². The van der Waals surface area contributed by atoms with Crippen molar-refractivity contribution in [3.8, 4) is 0 Å². The Kier molecular flexibility index (Phi) is 2.76. The van der Waals surface area contributed by atoms with Gasteiger partial charge in [0.05, 0.1) is 6.54 Å². The molecule has 96 valence electrons. The maximum absolute atomic E-state index is 11.8. The van der Waals surface area contributed by atoms with Gasteiger partial charge in [0.2, 0.25) is 0 Å². The SMILES string of the molecule is Nc1ccc(Cl)c(Cn2c(=O)oc3cccnc32)c1. The van der Waals surface area contributed by atoms with Crippen LogP contribution in [0.25, 0.3) is 11.2 Å². The Labute approximate surface area is 113 Å². The normalized spacial score (nSPS) is 11.0. The molecule has 0 spiro atoms. The van der Waals surface area contributed by atoms with Gasteiger partial charge in [-0.15, -0.1) is 0 Å².